The van der Waals surface area contributed by atoms with Crippen LogP contribution < -0.4 is 0 Å². The number of phenols is 1. The average molecular weight is 343 g/mol. The quantitative estimate of drug-likeness (QED) is 0.613. The molecule has 0 unspecified atom stereocenters. The number of hydrogen-bond donors (Lipinski definition) is 1. The van der Waals surface area contributed by atoms with Gasteiger partial charge in [-0.15, -0.1) is 0 Å². The fraction of sp³-hybridized carbons (Fsp3) is 0.125. The fourth-order valence-corrected chi connectivity index (χ4v) is 0.768. The zero-order valence-electron chi connectivity index (χ0n) is 6.16. The summed E-state index contributed by atoms with van der Waals surface area (Å²) in [7, 11) is 0. The number of benzene rings is 1. The Morgan fingerprint density at radius 2 is 2.09 bits per heavy atom. The Labute approximate surface area is 85.4 Å². The van der Waals surface area contributed by atoms with E-state index in [4.69, 9.17) is 5.11 Å². The van der Waals surface area contributed by atoms with Crippen LogP contribution in [0.3, 0.4) is 0 Å². The summed E-state index contributed by atoms with van der Waals surface area (Å²) >= 11 is 0. The van der Waals surface area contributed by atoms with E-state index < -0.39 is 0 Å². The van der Waals surface area contributed by atoms with Crippen molar-refractivity contribution in [3.63, 3.8) is 0 Å². The second kappa shape index (κ2) is 4.48. The van der Waals surface area contributed by atoms with Crippen molar-refractivity contribution in [3.05, 3.63) is 29.3 Å². The number of rotatable bonds is 1. The maximum atomic E-state index is 10.2. The van der Waals surface area contributed by atoms with Gasteiger partial charge in [-0.05, 0) is 19.1 Å². The van der Waals surface area contributed by atoms with Gasteiger partial charge in [0.15, 0.2) is 6.29 Å². The van der Waals surface area contributed by atoms with Crippen LogP contribution in [0.25, 0.3) is 0 Å². The first-order chi connectivity index (χ1) is 4.74. The molecule has 4 radical (unpaired) electrons. The molecule has 0 aromatic heterocycles. The topological polar surface area (TPSA) is 37.3 Å². The average Bonchev–Trinajstić information content (AvgIpc) is 1.94. The largest absolute Gasteiger partial charge is 0.507 e. The molecule has 2 nitrogen and oxygen atoms in total. The molecule has 0 heterocycles. The first-order valence-electron chi connectivity index (χ1n) is 2.99. The van der Waals surface area contributed by atoms with E-state index in [0.717, 1.165) is 5.56 Å². The third kappa shape index (κ3) is 2.61. The summed E-state index contributed by atoms with van der Waals surface area (Å²) < 4.78 is 0. The van der Waals surface area contributed by atoms with Gasteiger partial charge in [0.2, 0.25) is 0 Å². The van der Waals surface area contributed by atoms with Crippen LogP contribution in [-0.2, 0) is 0 Å². The Balaban J connectivity index is 0.000001000. The minimum atomic E-state index is 0. The van der Waals surface area contributed by atoms with Gasteiger partial charge in [-0.1, -0.05) is 11.6 Å². The number of carbonyl (C=O) groups is 1. The van der Waals surface area contributed by atoms with Gasteiger partial charge in [0, 0.05) is 27.3 Å². The van der Waals surface area contributed by atoms with Crippen LogP contribution in [0.4, 0.5) is 0 Å². The molecule has 3 heteroatoms. The van der Waals surface area contributed by atoms with Crippen LogP contribution >= 0.6 is 0 Å². The van der Waals surface area contributed by atoms with Crippen LogP contribution in [0.2, 0.25) is 0 Å². The van der Waals surface area contributed by atoms with E-state index in [1.54, 1.807) is 12.1 Å². The number of aryl methyl sites for hydroxylation is 1. The minimum Gasteiger partial charge on any atom is -0.507 e. The third-order valence-electron chi connectivity index (χ3n) is 1.31. The summed E-state index contributed by atoms with van der Waals surface area (Å²) in [5, 5.41) is 9.00. The molecule has 0 saturated carbocycles. The van der Waals surface area contributed by atoms with Crippen LogP contribution in [0.5, 0.6) is 5.75 Å². The fourth-order valence-electron chi connectivity index (χ4n) is 0.768. The van der Waals surface area contributed by atoms with Crippen LogP contribution in [-0.4, -0.2) is 38.7 Å². The molecule has 0 aliphatic heterocycles. The first-order valence-corrected chi connectivity index (χ1v) is 2.99. The molecule has 0 aliphatic rings. The maximum absolute atomic E-state index is 10.2. The number of aldehydes is 1. The van der Waals surface area contributed by atoms with E-state index in [1.165, 1.54) is 6.07 Å². The van der Waals surface area contributed by atoms with E-state index in [9.17, 15) is 4.79 Å². The SMILES string of the molecule is Cc1ccc(O)c(C=O)c1.[Pb]. The molecular weight excluding hydrogens is 335 g/mol. The number of phenolic OH excluding ortho intramolecular Hbond substituents is 1. The van der Waals surface area contributed by atoms with Gasteiger partial charge < -0.3 is 5.11 Å². The summed E-state index contributed by atoms with van der Waals surface area (Å²) in [5.74, 6) is 0.0422. The van der Waals surface area contributed by atoms with Crippen molar-refractivity contribution in [2.24, 2.45) is 0 Å². The van der Waals surface area contributed by atoms with E-state index in [1.807, 2.05) is 6.92 Å². The van der Waals surface area contributed by atoms with E-state index in [-0.39, 0.29) is 33.0 Å². The second-order valence-corrected chi connectivity index (χ2v) is 2.18. The predicted molar refractivity (Wildman–Crippen MR) is 44.0 cm³/mol. The van der Waals surface area contributed by atoms with Crippen molar-refractivity contribution in [3.8, 4) is 5.75 Å². The number of aromatic hydroxyl groups is 1. The standard InChI is InChI=1S/C8H8O2.Pb/c1-6-2-3-8(10)7(4-6)5-9;/h2-5,10H,1H3;. The van der Waals surface area contributed by atoms with Gasteiger partial charge in [0.25, 0.3) is 0 Å². The zero-order valence-corrected chi connectivity index (χ0v) is 10.1. The number of hydrogen-bond acceptors (Lipinski definition) is 2. The Bertz CT molecular complexity index is 258. The molecule has 0 saturated heterocycles. The van der Waals surface area contributed by atoms with E-state index >= 15 is 0 Å². The van der Waals surface area contributed by atoms with E-state index in [0.29, 0.717) is 11.8 Å². The normalized spacial score (nSPS) is 8.45. The Morgan fingerprint density at radius 1 is 1.45 bits per heavy atom. The van der Waals surface area contributed by atoms with Gasteiger partial charge in [-0.2, -0.15) is 0 Å². The van der Waals surface area contributed by atoms with Crippen molar-refractivity contribution >= 4 is 33.6 Å². The Hall–Kier alpha value is -0.388. The summed E-state index contributed by atoms with van der Waals surface area (Å²) in [6.07, 6.45) is 0.641. The molecule has 0 fully saturated rings. The van der Waals surface area contributed by atoms with Gasteiger partial charge >= 0.3 is 0 Å². The van der Waals surface area contributed by atoms with E-state index in [2.05, 4.69) is 0 Å². The maximum Gasteiger partial charge on any atom is 0.153 e. The van der Waals surface area contributed by atoms with Crippen molar-refractivity contribution in [2.75, 3.05) is 0 Å². The van der Waals surface area contributed by atoms with Crippen LogP contribution in [0, 0.1) is 6.92 Å². The molecule has 1 aromatic carbocycles. The molecule has 1 N–H and O–H groups in total. The molecule has 56 valence electrons. The van der Waals surface area contributed by atoms with Crippen molar-refractivity contribution in [1.82, 2.24) is 0 Å². The molecule has 0 aliphatic carbocycles. The molecule has 11 heavy (non-hydrogen) atoms. The summed E-state index contributed by atoms with van der Waals surface area (Å²) in [4.78, 5) is 10.2. The van der Waals surface area contributed by atoms with Gasteiger partial charge in [-0.3, -0.25) is 4.79 Å². The monoisotopic (exact) mass is 344 g/mol. The van der Waals surface area contributed by atoms with Gasteiger partial charge in [-0.25, -0.2) is 0 Å². The first kappa shape index (κ1) is 10.6. The molecule has 0 atom stereocenters. The molecular formula is C8H8O2Pb. The van der Waals surface area contributed by atoms with Gasteiger partial charge in [0.1, 0.15) is 5.75 Å². The minimum absolute atomic E-state index is 0. The Morgan fingerprint density at radius 3 is 2.55 bits per heavy atom. The number of carbonyl (C=O) groups excluding carboxylic acids is 1. The molecule has 0 amide bonds. The summed E-state index contributed by atoms with van der Waals surface area (Å²) in [5.41, 5.74) is 1.32. The third-order valence-corrected chi connectivity index (χ3v) is 1.31. The molecule has 0 bridgehead atoms. The molecule has 1 aromatic rings. The smallest absolute Gasteiger partial charge is 0.153 e. The van der Waals surface area contributed by atoms with Crippen molar-refractivity contribution in [1.29, 1.82) is 0 Å². The van der Waals surface area contributed by atoms with Gasteiger partial charge in [0.05, 0.1) is 5.56 Å². The second-order valence-electron chi connectivity index (χ2n) is 2.18. The van der Waals surface area contributed by atoms with Crippen LogP contribution in [0.1, 0.15) is 15.9 Å². The van der Waals surface area contributed by atoms with Crippen LogP contribution in [0.15, 0.2) is 18.2 Å². The molecule has 0 spiro atoms. The zero-order chi connectivity index (χ0) is 7.56. The molecule has 1 rings (SSSR count). The van der Waals surface area contributed by atoms with Crippen molar-refractivity contribution in [2.45, 2.75) is 6.92 Å². The summed E-state index contributed by atoms with van der Waals surface area (Å²) in [6, 6.07) is 4.91. The van der Waals surface area contributed by atoms with Crippen molar-refractivity contribution < 1.29 is 9.90 Å². The Kier molecular flexibility index (Phi) is 4.32. The predicted octanol–water partition coefficient (Wildman–Crippen LogP) is 1.13. The summed E-state index contributed by atoms with van der Waals surface area (Å²) in [6.45, 7) is 1.87.